The molecule has 1 aliphatic rings. The molecule has 2 rings (SSSR count). The Morgan fingerprint density at radius 3 is 2.56 bits per heavy atom. The number of nitrogens with zero attached hydrogens (tertiary/aromatic N) is 1. The summed E-state index contributed by atoms with van der Waals surface area (Å²) in [4.78, 5) is 27.4. The molecule has 0 saturated carbocycles. The van der Waals surface area contributed by atoms with Crippen molar-refractivity contribution in [2.45, 2.75) is 51.8 Å². The molecule has 0 spiro atoms. The van der Waals surface area contributed by atoms with Crippen molar-refractivity contribution in [3.05, 3.63) is 34.9 Å². The van der Waals surface area contributed by atoms with Crippen molar-refractivity contribution in [1.29, 1.82) is 0 Å². The van der Waals surface area contributed by atoms with E-state index in [1.807, 2.05) is 20.8 Å². The molecule has 0 bridgehead atoms. The highest BCUT2D eigenvalue weighted by Gasteiger charge is 2.60. The van der Waals surface area contributed by atoms with Crippen LogP contribution in [-0.4, -0.2) is 40.8 Å². The number of aliphatic hydroxyl groups is 1. The highest BCUT2D eigenvalue weighted by Crippen LogP contribution is 2.46. The second kappa shape index (κ2) is 7.75. The third kappa shape index (κ3) is 3.40. The molecule has 1 unspecified atom stereocenters. The third-order valence-electron chi connectivity index (χ3n) is 4.97. The van der Waals surface area contributed by atoms with Crippen molar-refractivity contribution in [2.75, 3.05) is 7.11 Å². The maximum absolute atomic E-state index is 13.2. The van der Waals surface area contributed by atoms with E-state index >= 15 is 0 Å². The number of methoxy groups -OCH3 is 1. The van der Waals surface area contributed by atoms with E-state index in [1.165, 1.54) is 12.0 Å². The molecule has 1 amide bonds. The molecule has 1 N–H and O–H groups in total. The monoisotopic (exact) mass is 367 g/mol. The average molecular weight is 368 g/mol. The number of hydrogen-bond donors (Lipinski definition) is 1. The van der Waals surface area contributed by atoms with Gasteiger partial charge in [-0.3, -0.25) is 9.69 Å². The van der Waals surface area contributed by atoms with E-state index in [1.54, 1.807) is 24.3 Å². The van der Waals surface area contributed by atoms with Crippen LogP contribution in [0.25, 0.3) is 0 Å². The number of rotatable bonds is 5. The van der Waals surface area contributed by atoms with Gasteiger partial charge in [0.05, 0.1) is 17.7 Å². The van der Waals surface area contributed by atoms with Crippen molar-refractivity contribution in [1.82, 2.24) is 4.90 Å². The van der Waals surface area contributed by atoms with Crippen LogP contribution in [0, 0.1) is 11.8 Å². The summed E-state index contributed by atoms with van der Waals surface area (Å²) >= 11 is 6.18. The summed E-state index contributed by atoms with van der Waals surface area (Å²) in [5.41, 5.74) is -0.912. The Hall–Kier alpha value is -1.59. The van der Waals surface area contributed by atoms with Gasteiger partial charge in [-0.2, -0.15) is 0 Å². The zero-order chi connectivity index (χ0) is 18.8. The molecule has 0 aromatic heterocycles. The minimum Gasteiger partial charge on any atom is -0.467 e. The Morgan fingerprint density at radius 1 is 1.40 bits per heavy atom. The number of amides is 1. The normalized spacial score (nSPS) is 26.1. The Kier molecular flexibility index (Phi) is 6.12. The Balaban J connectivity index is 2.60. The van der Waals surface area contributed by atoms with Gasteiger partial charge in [-0.05, 0) is 36.8 Å². The molecule has 6 heteroatoms. The molecule has 1 aliphatic heterocycles. The number of likely N-dealkylation sites (tertiary alicyclic amines) is 1. The number of hydrogen-bond acceptors (Lipinski definition) is 4. The molecule has 25 heavy (non-hydrogen) atoms. The summed E-state index contributed by atoms with van der Waals surface area (Å²) in [6, 6.07) is 6.67. The number of benzene rings is 1. The molecule has 0 radical (unpaired) electrons. The van der Waals surface area contributed by atoms with E-state index in [4.69, 9.17) is 16.3 Å². The van der Waals surface area contributed by atoms with Gasteiger partial charge in [-0.1, -0.05) is 50.9 Å². The summed E-state index contributed by atoms with van der Waals surface area (Å²) in [7, 11) is 1.32. The van der Waals surface area contributed by atoms with E-state index < -0.39 is 23.6 Å². The predicted octanol–water partition coefficient (Wildman–Crippen LogP) is 3.49. The smallest absolute Gasteiger partial charge is 0.332 e. The first-order valence-electron chi connectivity index (χ1n) is 8.64. The van der Waals surface area contributed by atoms with E-state index in [2.05, 4.69) is 0 Å². The highest BCUT2D eigenvalue weighted by atomic mass is 35.5. The van der Waals surface area contributed by atoms with Crippen LogP contribution in [0.1, 0.15) is 50.4 Å². The zero-order valence-electron chi connectivity index (χ0n) is 15.2. The van der Waals surface area contributed by atoms with Gasteiger partial charge in [0, 0.05) is 0 Å². The van der Waals surface area contributed by atoms with Gasteiger partial charge >= 0.3 is 5.97 Å². The maximum atomic E-state index is 13.2. The van der Waals surface area contributed by atoms with Crippen molar-refractivity contribution in [2.24, 2.45) is 11.8 Å². The number of aliphatic hydroxyl groups excluding tert-OH is 1. The first kappa shape index (κ1) is 19.7. The van der Waals surface area contributed by atoms with Crippen molar-refractivity contribution in [3.8, 4) is 0 Å². The fraction of sp³-hybridized carbons (Fsp3) is 0.579. The van der Waals surface area contributed by atoms with Crippen LogP contribution in [0.5, 0.6) is 0 Å². The minimum atomic E-state index is -1.19. The minimum absolute atomic E-state index is 0.139. The van der Waals surface area contributed by atoms with E-state index in [-0.39, 0.29) is 17.4 Å². The number of carbonyl (C=O) groups excluding carboxylic acids is 2. The van der Waals surface area contributed by atoms with Gasteiger partial charge < -0.3 is 9.84 Å². The first-order chi connectivity index (χ1) is 11.8. The molecule has 1 heterocycles. The lowest BCUT2D eigenvalue weighted by Crippen LogP contribution is -2.59. The molecule has 1 aromatic carbocycles. The van der Waals surface area contributed by atoms with Crippen LogP contribution in [0.3, 0.4) is 0 Å². The fourth-order valence-corrected chi connectivity index (χ4v) is 4.23. The highest BCUT2D eigenvalue weighted by molar-refractivity contribution is 6.33. The Morgan fingerprint density at radius 2 is 2.04 bits per heavy atom. The van der Waals surface area contributed by atoms with Gasteiger partial charge in [0.25, 0.3) is 5.91 Å². The number of carbonyl (C=O) groups is 2. The van der Waals surface area contributed by atoms with E-state index in [0.717, 1.165) is 0 Å². The summed E-state index contributed by atoms with van der Waals surface area (Å²) in [5.74, 6) is -0.964. The van der Waals surface area contributed by atoms with Crippen LogP contribution < -0.4 is 0 Å². The summed E-state index contributed by atoms with van der Waals surface area (Å²) in [5, 5.41) is 11.0. The summed E-state index contributed by atoms with van der Waals surface area (Å²) in [6.07, 6.45) is 0.372. The van der Waals surface area contributed by atoms with Crippen molar-refractivity contribution in [3.63, 3.8) is 0 Å². The van der Waals surface area contributed by atoms with Gasteiger partial charge in [0.1, 0.15) is 11.8 Å². The van der Waals surface area contributed by atoms with Crippen LogP contribution in [0.2, 0.25) is 5.02 Å². The van der Waals surface area contributed by atoms with Gasteiger partial charge in [0.15, 0.2) is 0 Å². The lowest BCUT2D eigenvalue weighted by atomic mass is 9.76. The molecule has 138 valence electrons. The predicted molar refractivity (Wildman–Crippen MR) is 96.2 cm³/mol. The molecule has 0 aliphatic carbocycles. The van der Waals surface area contributed by atoms with E-state index in [9.17, 15) is 14.7 Å². The fourth-order valence-electron chi connectivity index (χ4n) is 4.02. The number of esters is 1. The van der Waals surface area contributed by atoms with Gasteiger partial charge in [0.2, 0.25) is 0 Å². The Bertz CT molecular complexity index is 648. The lowest BCUT2D eigenvalue weighted by Gasteiger charge is -2.41. The van der Waals surface area contributed by atoms with Crippen LogP contribution in [-0.2, 0) is 9.53 Å². The maximum Gasteiger partial charge on any atom is 0.332 e. The topological polar surface area (TPSA) is 66.8 Å². The Labute approximate surface area is 153 Å². The van der Waals surface area contributed by atoms with Crippen molar-refractivity contribution < 1.29 is 19.4 Å². The van der Waals surface area contributed by atoms with Crippen LogP contribution in [0.4, 0.5) is 0 Å². The molecule has 1 aromatic rings. The van der Waals surface area contributed by atoms with Crippen LogP contribution >= 0.6 is 11.6 Å². The zero-order valence-corrected chi connectivity index (χ0v) is 15.9. The SMILES string of the molecule is CC[C@@H]1CC(O)N(C(=O)c2ccccc2Cl)[C@]1(CC(C)C)C(=O)OC. The van der Waals surface area contributed by atoms with Crippen LogP contribution in [0.15, 0.2) is 24.3 Å². The second-order valence-corrected chi connectivity index (χ2v) is 7.40. The molecular weight excluding hydrogens is 342 g/mol. The molecule has 5 nitrogen and oxygen atoms in total. The van der Waals surface area contributed by atoms with E-state index in [0.29, 0.717) is 24.3 Å². The summed E-state index contributed by atoms with van der Waals surface area (Å²) < 4.78 is 5.09. The molecular formula is C19H26ClNO4. The average Bonchev–Trinajstić information content (AvgIpc) is 2.85. The molecule has 1 fully saturated rings. The lowest BCUT2D eigenvalue weighted by molar-refractivity contribution is -0.158. The second-order valence-electron chi connectivity index (χ2n) is 6.99. The van der Waals surface area contributed by atoms with Gasteiger partial charge in [-0.15, -0.1) is 0 Å². The molecule has 3 atom stereocenters. The quantitative estimate of drug-likeness (QED) is 0.809. The summed E-state index contributed by atoms with van der Waals surface area (Å²) in [6.45, 7) is 5.93. The van der Waals surface area contributed by atoms with Crippen molar-refractivity contribution >= 4 is 23.5 Å². The standard InChI is InChI=1S/C19H26ClNO4/c1-5-13-10-16(22)21(17(23)14-8-6-7-9-15(14)20)19(13,11-12(2)3)18(24)25-4/h6-9,12-13,16,22H,5,10-11H2,1-4H3/t13-,16?,19+/m1/s1. The third-order valence-corrected chi connectivity index (χ3v) is 5.30. The van der Waals surface area contributed by atoms with Gasteiger partial charge in [-0.25, -0.2) is 4.79 Å². The first-order valence-corrected chi connectivity index (χ1v) is 9.02. The molecule has 1 saturated heterocycles. The number of ether oxygens (including phenoxy) is 1. The number of halogens is 1. The largest absolute Gasteiger partial charge is 0.467 e.